The van der Waals surface area contributed by atoms with Gasteiger partial charge in [-0.2, -0.15) is 0 Å². The number of pyridine rings is 1. The van der Waals surface area contributed by atoms with Crippen LogP contribution in [0, 0.1) is 6.92 Å². The highest BCUT2D eigenvalue weighted by Crippen LogP contribution is 2.29. The number of nitrogens with zero attached hydrogens (tertiary/aromatic N) is 3. The Morgan fingerprint density at radius 2 is 2.03 bits per heavy atom. The molecular formula is C25H27Cl2N5O4S. The van der Waals surface area contributed by atoms with Crippen LogP contribution in [-0.2, 0) is 11.2 Å². The molecule has 1 saturated heterocycles. The van der Waals surface area contributed by atoms with Crippen LogP contribution in [0.4, 0.5) is 5.69 Å². The van der Waals surface area contributed by atoms with E-state index in [1.807, 2.05) is 13.8 Å². The van der Waals surface area contributed by atoms with E-state index < -0.39 is 17.1 Å². The van der Waals surface area contributed by atoms with E-state index >= 15 is 0 Å². The lowest BCUT2D eigenvalue weighted by atomic mass is 10.1. The van der Waals surface area contributed by atoms with Gasteiger partial charge in [0.05, 0.1) is 16.3 Å². The first kappa shape index (κ1) is 27.3. The van der Waals surface area contributed by atoms with Crippen molar-refractivity contribution in [1.82, 2.24) is 20.1 Å². The molecule has 2 aromatic heterocycles. The minimum absolute atomic E-state index is 0.0476. The summed E-state index contributed by atoms with van der Waals surface area (Å²) >= 11 is 11.7. The fourth-order valence-corrected chi connectivity index (χ4v) is 5.29. The number of halogens is 2. The summed E-state index contributed by atoms with van der Waals surface area (Å²) in [5.74, 6) is 0.315. The van der Waals surface area contributed by atoms with Crippen molar-refractivity contribution in [3.05, 3.63) is 63.4 Å². The minimum Gasteiger partial charge on any atom is -0.616 e. The van der Waals surface area contributed by atoms with Crippen LogP contribution in [0.5, 0.6) is 5.88 Å². The van der Waals surface area contributed by atoms with Gasteiger partial charge in [-0.05, 0) is 61.3 Å². The Balaban J connectivity index is 1.68. The molecule has 1 fully saturated rings. The normalized spacial score (nSPS) is 17.6. The second-order valence-corrected chi connectivity index (χ2v) is 11.3. The highest BCUT2D eigenvalue weighted by Gasteiger charge is 2.35. The summed E-state index contributed by atoms with van der Waals surface area (Å²) in [5, 5.41) is 10.8. The number of carbonyl (C=O) groups is 2. The lowest BCUT2D eigenvalue weighted by Crippen LogP contribution is -2.45. The van der Waals surface area contributed by atoms with Crippen LogP contribution in [-0.4, -0.2) is 54.8 Å². The second-order valence-electron chi connectivity index (χ2n) is 8.86. The van der Waals surface area contributed by atoms with Gasteiger partial charge in [-0.25, -0.2) is 9.67 Å². The number of ether oxygens (including phenoxy) is 1. The number of carbonyl (C=O) groups excluding carboxylic acids is 2. The van der Waals surface area contributed by atoms with Crippen molar-refractivity contribution in [1.29, 1.82) is 0 Å². The SMILES string of the molecule is CCCC(C)NC(=O)c1cc(Cl)cc(C)c1NC(=O)c1cc(OC2C[S+]([O-])C2)nn1-c1ncccc1Cl. The van der Waals surface area contributed by atoms with Gasteiger partial charge in [-0.1, -0.05) is 36.5 Å². The summed E-state index contributed by atoms with van der Waals surface area (Å²) in [5.41, 5.74) is 1.28. The molecule has 37 heavy (non-hydrogen) atoms. The molecule has 9 nitrogen and oxygen atoms in total. The van der Waals surface area contributed by atoms with E-state index in [4.69, 9.17) is 27.9 Å². The van der Waals surface area contributed by atoms with Crippen molar-refractivity contribution in [3.63, 3.8) is 0 Å². The van der Waals surface area contributed by atoms with Crippen LogP contribution in [0.3, 0.4) is 0 Å². The van der Waals surface area contributed by atoms with Crippen molar-refractivity contribution < 1.29 is 18.9 Å². The van der Waals surface area contributed by atoms with Gasteiger partial charge in [0.15, 0.2) is 11.9 Å². The standard InChI is InChI=1S/C25H27Cl2N5O4S/c1-4-6-15(3)29-24(33)18-10-16(26)9-14(2)22(18)30-25(34)20-11-21(36-17-12-37(35)13-17)31-32(20)23-19(27)7-5-8-28-23/h5,7-11,15,17H,4,6,12-13H2,1-3H3,(H,29,33)(H,30,34). The number of rotatable bonds is 9. The molecule has 1 aromatic carbocycles. The van der Waals surface area contributed by atoms with Crippen molar-refractivity contribution in [3.8, 4) is 11.7 Å². The first-order valence-electron chi connectivity index (χ1n) is 11.8. The van der Waals surface area contributed by atoms with Crippen molar-refractivity contribution in [2.45, 2.75) is 45.8 Å². The van der Waals surface area contributed by atoms with Gasteiger partial charge in [0.25, 0.3) is 11.8 Å². The number of amides is 2. The molecule has 2 amide bonds. The maximum absolute atomic E-state index is 13.6. The molecule has 4 rings (SSSR count). The maximum atomic E-state index is 13.6. The molecule has 1 aliphatic heterocycles. The third-order valence-corrected chi connectivity index (χ3v) is 7.77. The van der Waals surface area contributed by atoms with Gasteiger partial charge in [-0.15, -0.1) is 5.10 Å². The molecule has 0 bridgehead atoms. The molecule has 1 aliphatic rings. The molecule has 196 valence electrons. The molecule has 1 atom stereocenters. The Kier molecular flexibility index (Phi) is 8.63. The van der Waals surface area contributed by atoms with E-state index in [2.05, 4.69) is 20.7 Å². The Bertz CT molecular complexity index is 1310. The molecule has 1 unspecified atom stereocenters. The van der Waals surface area contributed by atoms with Crippen LogP contribution in [0.25, 0.3) is 5.82 Å². The average Bonchev–Trinajstić information content (AvgIpc) is 3.23. The molecule has 12 heteroatoms. The molecule has 3 heterocycles. The van der Waals surface area contributed by atoms with E-state index in [1.54, 1.807) is 25.1 Å². The van der Waals surface area contributed by atoms with Gasteiger partial charge in [-0.3, -0.25) is 9.59 Å². The average molecular weight is 564 g/mol. The van der Waals surface area contributed by atoms with Gasteiger partial charge < -0.3 is 19.9 Å². The van der Waals surface area contributed by atoms with E-state index in [-0.39, 0.29) is 46.0 Å². The predicted octanol–water partition coefficient (Wildman–Crippen LogP) is 4.56. The van der Waals surface area contributed by atoms with Crippen molar-refractivity contribution >= 4 is 51.9 Å². The highest BCUT2D eigenvalue weighted by molar-refractivity contribution is 7.92. The number of hydrogen-bond donors (Lipinski definition) is 2. The summed E-state index contributed by atoms with van der Waals surface area (Å²) in [6, 6.07) is 7.91. The molecule has 0 saturated carbocycles. The van der Waals surface area contributed by atoms with Crippen LogP contribution < -0.4 is 15.4 Å². The fraction of sp³-hybridized carbons (Fsp3) is 0.360. The maximum Gasteiger partial charge on any atom is 0.274 e. The molecule has 0 radical (unpaired) electrons. The number of hydrogen-bond acceptors (Lipinski definition) is 6. The Hall–Kier alpha value is -2.79. The third-order valence-electron chi connectivity index (χ3n) is 5.77. The fourth-order valence-electron chi connectivity index (χ4n) is 3.95. The van der Waals surface area contributed by atoms with Crippen LogP contribution in [0.1, 0.15) is 53.1 Å². The van der Waals surface area contributed by atoms with Gasteiger partial charge >= 0.3 is 0 Å². The number of aryl methyl sites for hydroxylation is 1. The minimum atomic E-state index is -0.908. The van der Waals surface area contributed by atoms with E-state index in [1.165, 1.54) is 23.0 Å². The third kappa shape index (κ3) is 6.38. The molecule has 3 aromatic rings. The van der Waals surface area contributed by atoms with Gasteiger partial charge in [0.1, 0.15) is 17.2 Å². The Morgan fingerprint density at radius 3 is 2.70 bits per heavy atom. The summed E-state index contributed by atoms with van der Waals surface area (Å²) in [4.78, 5) is 30.9. The van der Waals surface area contributed by atoms with Crippen LogP contribution in [0.15, 0.2) is 36.5 Å². The van der Waals surface area contributed by atoms with Crippen LogP contribution >= 0.6 is 23.2 Å². The summed E-state index contributed by atoms with van der Waals surface area (Å²) in [6.45, 7) is 5.72. The molecular weight excluding hydrogens is 537 g/mol. The lowest BCUT2D eigenvalue weighted by Gasteiger charge is -2.27. The smallest absolute Gasteiger partial charge is 0.274 e. The van der Waals surface area contributed by atoms with Crippen molar-refractivity contribution in [2.75, 3.05) is 16.8 Å². The Labute approximate surface area is 228 Å². The first-order valence-corrected chi connectivity index (χ1v) is 14.1. The molecule has 2 N–H and O–H groups in total. The number of anilines is 1. The zero-order chi connectivity index (χ0) is 26.7. The summed E-state index contributed by atoms with van der Waals surface area (Å²) in [7, 11) is 0. The van der Waals surface area contributed by atoms with Gasteiger partial charge in [0, 0.05) is 23.3 Å². The second kappa shape index (κ2) is 11.7. The summed E-state index contributed by atoms with van der Waals surface area (Å²) < 4.78 is 18.6. The largest absolute Gasteiger partial charge is 0.616 e. The monoisotopic (exact) mass is 563 g/mol. The summed E-state index contributed by atoms with van der Waals surface area (Å²) in [6.07, 6.45) is 3.01. The Morgan fingerprint density at radius 1 is 1.27 bits per heavy atom. The lowest BCUT2D eigenvalue weighted by molar-refractivity contribution is 0.0939. The van der Waals surface area contributed by atoms with E-state index in [9.17, 15) is 14.1 Å². The zero-order valence-electron chi connectivity index (χ0n) is 20.6. The molecule has 0 spiro atoms. The number of nitrogens with one attached hydrogen (secondary N) is 2. The van der Waals surface area contributed by atoms with Crippen LogP contribution in [0.2, 0.25) is 10.0 Å². The van der Waals surface area contributed by atoms with E-state index in [0.29, 0.717) is 27.8 Å². The topological polar surface area (TPSA) is 121 Å². The first-order chi connectivity index (χ1) is 17.7. The zero-order valence-corrected chi connectivity index (χ0v) is 22.9. The quantitative estimate of drug-likeness (QED) is 0.368. The molecule has 0 aliphatic carbocycles. The van der Waals surface area contributed by atoms with E-state index in [0.717, 1.165) is 12.8 Å². The van der Waals surface area contributed by atoms with Crippen molar-refractivity contribution in [2.24, 2.45) is 0 Å². The number of benzene rings is 1. The predicted molar refractivity (Wildman–Crippen MR) is 145 cm³/mol. The highest BCUT2D eigenvalue weighted by atomic mass is 35.5. The van der Waals surface area contributed by atoms with Gasteiger partial charge in [0.2, 0.25) is 5.88 Å². The number of aromatic nitrogens is 3.